The summed E-state index contributed by atoms with van der Waals surface area (Å²) in [7, 11) is -4.91. The second-order valence-electron chi connectivity index (χ2n) is 15.1. The Morgan fingerprint density at radius 1 is 0.667 bits per heavy atom. The van der Waals surface area contributed by atoms with E-state index in [9.17, 15) is 58.1 Å². The second-order valence-corrected chi connectivity index (χ2v) is 16.3. The van der Waals surface area contributed by atoms with E-state index in [1.54, 1.807) is 58.0 Å². The highest BCUT2D eigenvalue weighted by Gasteiger charge is 2.35. The minimum Gasteiger partial charge on any atom is -0.404 e. The lowest BCUT2D eigenvalue weighted by Crippen LogP contribution is -2.62. The van der Waals surface area contributed by atoms with E-state index < -0.39 is 98.3 Å². The molecule has 0 saturated heterocycles. The molecule has 20 nitrogen and oxygen atoms in total. The van der Waals surface area contributed by atoms with Gasteiger partial charge in [-0.05, 0) is 55.4 Å². The van der Waals surface area contributed by atoms with Crippen molar-refractivity contribution in [1.29, 1.82) is 0 Å². The first-order valence-electron chi connectivity index (χ1n) is 19.2. The molecule has 0 unspecified atom stereocenters. The van der Waals surface area contributed by atoms with Crippen LogP contribution in [0.4, 0.5) is 0 Å². The van der Waals surface area contributed by atoms with Crippen LogP contribution in [0.3, 0.4) is 0 Å². The predicted octanol–water partition coefficient (Wildman–Crippen LogP) is -1.53. The van der Waals surface area contributed by atoms with Gasteiger partial charge < -0.3 is 57.2 Å². The average Bonchev–Trinajstić information content (AvgIpc) is 3.17. The fraction of sp³-hybridized carbons (Fsp3) is 0.513. The molecule has 0 aliphatic heterocycles. The van der Waals surface area contributed by atoms with Gasteiger partial charge in [0.15, 0.2) is 0 Å². The maximum Gasteiger partial charge on any atom is 0.524 e. The Balaban J connectivity index is 2.46. The molecule has 0 saturated carbocycles. The Hall–Kier alpha value is -5.24. The zero-order valence-electron chi connectivity index (χ0n) is 34.4. The highest BCUT2D eigenvalue weighted by molar-refractivity contribution is 7.46. The maximum atomic E-state index is 14.1. The molecule has 0 spiro atoms. The fourth-order valence-corrected chi connectivity index (χ4v) is 6.02. The van der Waals surface area contributed by atoms with Crippen LogP contribution < -0.4 is 42.2 Å². The number of nitrogens with one attached hydrogen (secondary N) is 6. The molecule has 12 N–H and O–H groups in total. The topological polar surface area (TPSA) is 325 Å². The van der Waals surface area contributed by atoms with Gasteiger partial charge in [-0.3, -0.25) is 38.6 Å². The van der Waals surface area contributed by atoms with E-state index in [2.05, 4.69) is 36.4 Å². The first-order valence-corrected chi connectivity index (χ1v) is 20.8. The van der Waals surface area contributed by atoms with E-state index in [1.165, 1.54) is 38.1 Å². The van der Waals surface area contributed by atoms with Gasteiger partial charge in [-0.1, -0.05) is 70.2 Å². The first-order chi connectivity index (χ1) is 28.0. The molecule has 2 aromatic rings. The smallest absolute Gasteiger partial charge is 0.404 e. The van der Waals surface area contributed by atoms with Crippen molar-refractivity contribution in [2.75, 3.05) is 6.61 Å². The molecular formula is C39H58N7O13P. The Bertz CT molecular complexity index is 1810. The van der Waals surface area contributed by atoms with Crippen LogP contribution in [-0.2, 0) is 51.0 Å². The molecule has 0 heterocycles. The van der Waals surface area contributed by atoms with Gasteiger partial charge in [0.2, 0.25) is 35.4 Å². The maximum absolute atomic E-state index is 14.1. The number of nitrogens with two attached hydrogens (primary N) is 1. The number of aliphatic hydroxyl groups excluding tert-OH is 2. The van der Waals surface area contributed by atoms with E-state index in [0.29, 0.717) is 17.4 Å². The molecule has 0 bridgehead atoms. The number of carbonyl (C=O) groups excluding carboxylic acids is 7. The van der Waals surface area contributed by atoms with Gasteiger partial charge in [0.25, 0.3) is 0 Å². The lowest BCUT2D eigenvalue weighted by molar-refractivity contribution is -0.137. The van der Waals surface area contributed by atoms with Crippen molar-refractivity contribution < 1.29 is 62.7 Å². The molecule has 0 aliphatic carbocycles. The molecule has 2 aromatic carbocycles. The lowest BCUT2D eigenvalue weighted by atomic mass is 10.00. The van der Waals surface area contributed by atoms with Crippen LogP contribution in [0.15, 0.2) is 54.6 Å². The monoisotopic (exact) mass is 863 g/mol. The second kappa shape index (κ2) is 24.1. The predicted molar refractivity (Wildman–Crippen MR) is 217 cm³/mol. The molecule has 6 amide bonds. The SMILES string of the molecule is CC(C)C[C@H](NC(=O)[C@H](CO)NC(=O)[C@@H](N)C(C)C)C(=O)N[C@@H](Cc1ccc(OP(=O)(O)O)cc1)C(=O)N[C@H](C(=O)N[C@@H](Cc1ccccc1)C(=O)N[C@@H](C)C=O)[C@@H](C)O. The van der Waals surface area contributed by atoms with Crippen LogP contribution in [0.25, 0.3) is 0 Å². The van der Waals surface area contributed by atoms with Gasteiger partial charge in [-0.2, -0.15) is 0 Å². The molecule has 21 heteroatoms. The number of phosphoric acid groups is 1. The van der Waals surface area contributed by atoms with E-state index in [1.807, 2.05) is 0 Å². The number of aliphatic hydroxyl groups is 2. The Labute approximate surface area is 348 Å². The number of hydrogen-bond acceptors (Lipinski definition) is 12. The number of phosphoric ester groups is 1. The number of rotatable bonds is 24. The Kier molecular flexibility index (Phi) is 20.5. The van der Waals surface area contributed by atoms with Crippen molar-refractivity contribution >= 4 is 49.6 Å². The molecular weight excluding hydrogens is 805 g/mol. The summed E-state index contributed by atoms with van der Waals surface area (Å²) in [5, 5.41) is 35.5. The number of carbonyl (C=O) groups is 7. The summed E-state index contributed by atoms with van der Waals surface area (Å²) >= 11 is 0. The average molecular weight is 864 g/mol. The molecule has 2 rings (SSSR count). The number of amides is 6. The highest BCUT2D eigenvalue weighted by atomic mass is 31.2. The summed E-state index contributed by atoms with van der Waals surface area (Å²) in [5.74, 6) is -5.96. The lowest BCUT2D eigenvalue weighted by Gasteiger charge is -2.29. The van der Waals surface area contributed by atoms with Gasteiger partial charge >= 0.3 is 7.82 Å². The molecule has 0 aliphatic rings. The van der Waals surface area contributed by atoms with Crippen molar-refractivity contribution in [3.63, 3.8) is 0 Å². The summed E-state index contributed by atoms with van der Waals surface area (Å²) in [6.07, 6.45) is -1.39. The van der Waals surface area contributed by atoms with Crippen LogP contribution >= 0.6 is 7.82 Å². The molecule has 0 fully saturated rings. The minimum absolute atomic E-state index is 0.0181. The van der Waals surface area contributed by atoms with Crippen LogP contribution in [0.1, 0.15) is 59.1 Å². The standard InChI is InChI=1S/C39H58N7O13P/c1-21(2)16-28(42-37(53)31(20-48)45-38(54)32(40)22(3)4)35(51)43-30(18-26-12-14-27(15-13-26)59-60(56,57)58)36(52)46-33(24(6)49)39(55)44-29(34(50)41-23(5)19-47)17-25-10-8-7-9-11-25/h7-15,19,21-24,28-33,48-49H,16-18,20,40H2,1-6H3,(H,41,50)(H,42,53)(H,43,51)(H,44,55)(H,45,54)(H,46,52)(H2,56,57,58)/t23-,24+,28-,29-,30-,31-,32-,33-/m0/s1. The third-order valence-electron chi connectivity index (χ3n) is 8.95. The summed E-state index contributed by atoms with van der Waals surface area (Å²) in [5.41, 5.74) is 6.85. The van der Waals surface area contributed by atoms with E-state index in [-0.39, 0.29) is 36.8 Å². The van der Waals surface area contributed by atoms with Gasteiger partial charge in [0, 0.05) is 12.8 Å². The Morgan fingerprint density at radius 3 is 1.62 bits per heavy atom. The van der Waals surface area contributed by atoms with Crippen LogP contribution in [0.5, 0.6) is 5.75 Å². The van der Waals surface area contributed by atoms with Gasteiger partial charge in [0.05, 0.1) is 24.8 Å². The third-order valence-corrected chi connectivity index (χ3v) is 9.40. The zero-order chi connectivity index (χ0) is 45.3. The largest absolute Gasteiger partial charge is 0.524 e. The van der Waals surface area contributed by atoms with Gasteiger partial charge in [-0.25, -0.2) is 4.57 Å². The zero-order valence-corrected chi connectivity index (χ0v) is 35.3. The van der Waals surface area contributed by atoms with Crippen molar-refractivity contribution in [2.45, 2.75) is 109 Å². The summed E-state index contributed by atoms with van der Waals surface area (Å²) in [6, 6.07) is 4.49. The normalized spacial score (nSPS) is 15.5. The molecule has 0 aromatic heterocycles. The van der Waals surface area contributed by atoms with Crippen molar-refractivity contribution in [2.24, 2.45) is 17.6 Å². The number of hydrogen-bond donors (Lipinski definition) is 11. The summed E-state index contributed by atoms with van der Waals surface area (Å²) in [6.45, 7) is 8.68. The minimum atomic E-state index is -4.91. The van der Waals surface area contributed by atoms with Crippen LogP contribution in [0.2, 0.25) is 0 Å². The highest BCUT2D eigenvalue weighted by Crippen LogP contribution is 2.37. The third kappa shape index (κ3) is 17.5. The van der Waals surface area contributed by atoms with Gasteiger partial charge in [-0.15, -0.1) is 0 Å². The van der Waals surface area contributed by atoms with Crippen LogP contribution in [-0.4, -0.2) is 117 Å². The molecule has 60 heavy (non-hydrogen) atoms. The molecule has 332 valence electrons. The van der Waals surface area contributed by atoms with Crippen molar-refractivity contribution in [3.8, 4) is 5.75 Å². The van der Waals surface area contributed by atoms with Crippen molar-refractivity contribution in [1.82, 2.24) is 31.9 Å². The Morgan fingerprint density at radius 2 is 1.13 bits per heavy atom. The number of benzene rings is 2. The van der Waals surface area contributed by atoms with Gasteiger partial charge in [0.1, 0.15) is 42.2 Å². The quantitative estimate of drug-likeness (QED) is 0.0422. The first kappa shape index (κ1) is 50.9. The van der Waals surface area contributed by atoms with E-state index in [4.69, 9.17) is 5.73 Å². The van der Waals surface area contributed by atoms with E-state index in [0.717, 1.165) is 0 Å². The summed E-state index contributed by atoms with van der Waals surface area (Å²) < 4.78 is 15.9. The molecule has 0 radical (unpaired) electrons. The van der Waals surface area contributed by atoms with Crippen molar-refractivity contribution in [3.05, 3.63) is 65.7 Å². The number of aldehydes is 1. The van der Waals surface area contributed by atoms with Crippen LogP contribution in [0, 0.1) is 11.8 Å². The fourth-order valence-electron chi connectivity index (χ4n) is 5.62. The summed E-state index contributed by atoms with van der Waals surface area (Å²) in [4.78, 5) is 110. The van der Waals surface area contributed by atoms with E-state index >= 15 is 0 Å². The molecule has 8 atom stereocenters.